The predicted octanol–water partition coefficient (Wildman–Crippen LogP) is 1.61. The van der Waals surface area contributed by atoms with Crippen molar-refractivity contribution < 1.29 is 14.1 Å². The third-order valence-corrected chi connectivity index (χ3v) is 3.51. The number of hydrogen-bond acceptors (Lipinski definition) is 4. The summed E-state index contributed by atoms with van der Waals surface area (Å²) in [7, 11) is 0. The highest BCUT2D eigenvalue weighted by molar-refractivity contribution is 9.09. The fraction of sp³-hybridized carbons (Fsp3) is 0.636. The maximum Gasteiger partial charge on any atom is 0.276 e. The first kappa shape index (κ1) is 12.6. The number of morpholine rings is 1. The summed E-state index contributed by atoms with van der Waals surface area (Å²) in [6, 6.07) is 1.73. The minimum atomic E-state index is -0.0939. The van der Waals surface area contributed by atoms with Crippen LogP contribution in [0.5, 0.6) is 0 Å². The molecular formula is C11H15BrN2O3. The van der Waals surface area contributed by atoms with Crippen LogP contribution >= 0.6 is 15.9 Å². The Balaban J connectivity index is 2.12. The van der Waals surface area contributed by atoms with Gasteiger partial charge in [-0.15, -0.1) is 0 Å². The van der Waals surface area contributed by atoms with Crippen LogP contribution in [-0.2, 0) is 4.74 Å². The summed E-state index contributed by atoms with van der Waals surface area (Å²) in [5, 5.41) is 4.48. The lowest BCUT2D eigenvalue weighted by molar-refractivity contribution is -0.0364. The molecule has 0 saturated carbocycles. The van der Waals surface area contributed by atoms with Gasteiger partial charge < -0.3 is 14.2 Å². The molecule has 1 aromatic heterocycles. The van der Waals surface area contributed by atoms with E-state index >= 15 is 0 Å². The fourth-order valence-electron chi connectivity index (χ4n) is 1.81. The first-order chi connectivity index (χ1) is 8.11. The summed E-state index contributed by atoms with van der Waals surface area (Å²) in [4.78, 5) is 14.0. The fourth-order valence-corrected chi connectivity index (χ4v) is 2.20. The molecule has 0 radical (unpaired) electrons. The SMILES string of the molecule is Cc1cc(C(=O)N2CC(CBr)OCC2C)no1. The number of hydrogen-bond donors (Lipinski definition) is 0. The van der Waals surface area contributed by atoms with Crippen molar-refractivity contribution in [1.82, 2.24) is 10.1 Å². The molecule has 94 valence electrons. The van der Waals surface area contributed by atoms with E-state index in [1.54, 1.807) is 17.9 Å². The lowest BCUT2D eigenvalue weighted by Gasteiger charge is -2.37. The smallest absolute Gasteiger partial charge is 0.276 e. The van der Waals surface area contributed by atoms with Crippen LogP contribution in [0.3, 0.4) is 0 Å². The Morgan fingerprint density at radius 2 is 2.47 bits per heavy atom. The van der Waals surface area contributed by atoms with E-state index in [2.05, 4.69) is 21.1 Å². The lowest BCUT2D eigenvalue weighted by Crippen LogP contribution is -2.51. The molecule has 1 aromatic rings. The molecule has 1 saturated heterocycles. The highest BCUT2D eigenvalue weighted by Crippen LogP contribution is 2.16. The monoisotopic (exact) mass is 302 g/mol. The number of alkyl halides is 1. The van der Waals surface area contributed by atoms with Crippen LogP contribution in [0.4, 0.5) is 0 Å². The summed E-state index contributed by atoms with van der Waals surface area (Å²) in [5.74, 6) is 0.551. The molecule has 2 rings (SSSR count). The van der Waals surface area contributed by atoms with E-state index in [1.165, 1.54) is 0 Å². The van der Waals surface area contributed by atoms with Crippen LogP contribution in [0.1, 0.15) is 23.2 Å². The predicted molar refractivity (Wildman–Crippen MR) is 65.3 cm³/mol. The number of rotatable bonds is 2. The van der Waals surface area contributed by atoms with E-state index in [0.717, 1.165) is 5.33 Å². The third-order valence-electron chi connectivity index (χ3n) is 2.79. The van der Waals surface area contributed by atoms with E-state index < -0.39 is 0 Å². The quantitative estimate of drug-likeness (QED) is 0.779. The van der Waals surface area contributed by atoms with Crippen molar-refractivity contribution in [1.29, 1.82) is 0 Å². The highest BCUT2D eigenvalue weighted by Gasteiger charge is 2.31. The summed E-state index contributed by atoms with van der Waals surface area (Å²) in [6.07, 6.45) is 0.0446. The molecule has 0 aliphatic carbocycles. The van der Waals surface area contributed by atoms with Gasteiger partial charge in [0.05, 0.1) is 18.8 Å². The summed E-state index contributed by atoms with van der Waals surface area (Å²) in [5.41, 5.74) is 0.365. The zero-order valence-corrected chi connectivity index (χ0v) is 11.4. The molecule has 0 bridgehead atoms. The second kappa shape index (κ2) is 5.18. The van der Waals surface area contributed by atoms with Gasteiger partial charge in [0.1, 0.15) is 5.76 Å². The Hall–Kier alpha value is -0.880. The number of nitrogens with zero attached hydrogens (tertiary/aromatic N) is 2. The standard InChI is InChI=1S/C11H15BrN2O3/c1-7-6-16-9(4-12)5-14(7)11(15)10-3-8(2)17-13-10/h3,7,9H,4-6H2,1-2H3. The van der Waals surface area contributed by atoms with Gasteiger partial charge in [-0.2, -0.15) is 0 Å². The molecule has 1 amide bonds. The third kappa shape index (κ3) is 2.69. The van der Waals surface area contributed by atoms with Crippen LogP contribution < -0.4 is 0 Å². The average Bonchev–Trinajstić information content (AvgIpc) is 2.76. The first-order valence-corrected chi connectivity index (χ1v) is 6.66. The molecule has 0 aromatic carbocycles. The van der Waals surface area contributed by atoms with Crippen molar-refractivity contribution in [2.45, 2.75) is 26.0 Å². The highest BCUT2D eigenvalue weighted by atomic mass is 79.9. The zero-order chi connectivity index (χ0) is 12.4. The van der Waals surface area contributed by atoms with E-state index in [4.69, 9.17) is 9.26 Å². The minimum absolute atomic E-state index is 0.0446. The Kier molecular flexibility index (Phi) is 3.83. The van der Waals surface area contributed by atoms with Crippen molar-refractivity contribution in [2.24, 2.45) is 0 Å². The minimum Gasteiger partial charge on any atom is -0.373 e. The Morgan fingerprint density at radius 1 is 1.71 bits per heavy atom. The van der Waals surface area contributed by atoms with Gasteiger partial charge in [-0.1, -0.05) is 21.1 Å². The van der Waals surface area contributed by atoms with E-state index in [0.29, 0.717) is 24.6 Å². The van der Waals surface area contributed by atoms with Gasteiger partial charge in [0.25, 0.3) is 5.91 Å². The molecule has 1 aliphatic heterocycles. The average molecular weight is 303 g/mol. The van der Waals surface area contributed by atoms with Crippen LogP contribution in [0.2, 0.25) is 0 Å². The van der Waals surface area contributed by atoms with Gasteiger partial charge in [0.2, 0.25) is 0 Å². The van der Waals surface area contributed by atoms with E-state index in [1.807, 2.05) is 6.92 Å². The van der Waals surface area contributed by atoms with Gasteiger partial charge in [0, 0.05) is 17.9 Å². The lowest BCUT2D eigenvalue weighted by atomic mass is 10.2. The van der Waals surface area contributed by atoms with Crippen molar-refractivity contribution in [3.05, 3.63) is 17.5 Å². The van der Waals surface area contributed by atoms with Crippen LogP contribution in [0, 0.1) is 6.92 Å². The molecule has 5 nitrogen and oxygen atoms in total. The van der Waals surface area contributed by atoms with Gasteiger partial charge in [-0.05, 0) is 13.8 Å². The molecule has 2 heterocycles. The molecule has 17 heavy (non-hydrogen) atoms. The molecule has 0 spiro atoms. The largest absolute Gasteiger partial charge is 0.373 e. The zero-order valence-electron chi connectivity index (χ0n) is 9.85. The molecule has 0 N–H and O–H groups in total. The molecule has 6 heteroatoms. The van der Waals surface area contributed by atoms with Gasteiger partial charge in [0.15, 0.2) is 5.69 Å². The number of amides is 1. The van der Waals surface area contributed by atoms with Crippen LogP contribution in [0.25, 0.3) is 0 Å². The Bertz CT molecular complexity index is 407. The normalized spacial score (nSPS) is 25.0. The summed E-state index contributed by atoms with van der Waals surface area (Å²) in [6.45, 7) is 4.87. The van der Waals surface area contributed by atoms with Gasteiger partial charge >= 0.3 is 0 Å². The van der Waals surface area contributed by atoms with Crippen molar-refractivity contribution in [3.63, 3.8) is 0 Å². The van der Waals surface area contributed by atoms with Gasteiger partial charge in [-0.25, -0.2) is 0 Å². The second-order valence-corrected chi connectivity index (χ2v) is 4.89. The molecule has 2 unspecified atom stereocenters. The van der Waals surface area contributed by atoms with Crippen molar-refractivity contribution >= 4 is 21.8 Å². The maximum atomic E-state index is 12.2. The van der Waals surface area contributed by atoms with Crippen LogP contribution in [0.15, 0.2) is 10.6 Å². The van der Waals surface area contributed by atoms with Crippen molar-refractivity contribution in [2.75, 3.05) is 18.5 Å². The number of aromatic nitrogens is 1. The first-order valence-electron chi connectivity index (χ1n) is 5.53. The molecular weight excluding hydrogens is 288 g/mol. The number of carbonyl (C=O) groups excluding carboxylic acids is 1. The van der Waals surface area contributed by atoms with Gasteiger partial charge in [-0.3, -0.25) is 4.79 Å². The molecule has 2 atom stereocenters. The van der Waals surface area contributed by atoms with E-state index in [-0.39, 0.29) is 18.1 Å². The number of halogens is 1. The van der Waals surface area contributed by atoms with Crippen molar-refractivity contribution in [3.8, 4) is 0 Å². The summed E-state index contributed by atoms with van der Waals surface area (Å²) >= 11 is 3.37. The number of aryl methyl sites for hydroxylation is 1. The topological polar surface area (TPSA) is 55.6 Å². The van der Waals surface area contributed by atoms with E-state index in [9.17, 15) is 4.79 Å². The summed E-state index contributed by atoms with van der Waals surface area (Å²) < 4.78 is 10.5. The maximum absolute atomic E-state index is 12.2. The Morgan fingerprint density at radius 3 is 3.06 bits per heavy atom. The number of carbonyl (C=O) groups is 1. The van der Waals surface area contributed by atoms with Crippen LogP contribution in [-0.4, -0.2) is 46.6 Å². The Labute approximate surface area is 108 Å². The number of ether oxygens (including phenoxy) is 1. The molecule has 1 aliphatic rings. The molecule has 1 fully saturated rings. The second-order valence-electron chi connectivity index (χ2n) is 4.24.